The van der Waals surface area contributed by atoms with Crippen molar-refractivity contribution in [3.05, 3.63) is 59.6 Å². The van der Waals surface area contributed by atoms with Crippen LogP contribution in [-0.2, 0) is 11.2 Å². The topological polar surface area (TPSA) is 42.7 Å². The van der Waals surface area contributed by atoms with E-state index in [0.717, 1.165) is 43.2 Å². The van der Waals surface area contributed by atoms with Crippen LogP contribution in [0.3, 0.4) is 0 Å². The lowest BCUT2D eigenvalue weighted by atomic mass is 9.98. The van der Waals surface area contributed by atoms with E-state index in [0.29, 0.717) is 5.92 Å². The average molecular weight is 325 g/mol. The van der Waals surface area contributed by atoms with Gasteiger partial charge in [-0.1, -0.05) is 19.1 Å². The molecule has 0 aliphatic carbocycles. The van der Waals surface area contributed by atoms with Crippen molar-refractivity contribution in [2.24, 2.45) is 0 Å². The Hall–Kier alpha value is -2.49. The Kier molecular flexibility index (Phi) is 5.04. The molecule has 0 bridgehead atoms. The van der Waals surface area contributed by atoms with Crippen LogP contribution < -0.4 is 4.74 Å². The van der Waals surface area contributed by atoms with Crippen LogP contribution in [0.1, 0.15) is 36.3 Å². The fourth-order valence-electron chi connectivity index (χ4n) is 3.04. The fourth-order valence-corrected chi connectivity index (χ4v) is 3.04. The SMILES string of the molecule is CCc1ccc(C=CC(=O)N2CCC(c3ccc(OC)cc3)C2)o1. The van der Waals surface area contributed by atoms with Crippen molar-refractivity contribution in [1.29, 1.82) is 0 Å². The fraction of sp³-hybridized carbons (Fsp3) is 0.350. The summed E-state index contributed by atoms with van der Waals surface area (Å²) in [7, 11) is 1.67. The highest BCUT2D eigenvalue weighted by Crippen LogP contribution is 2.28. The highest BCUT2D eigenvalue weighted by Gasteiger charge is 2.26. The van der Waals surface area contributed by atoms with E-state index in [9.17, 15) is 4.79 Å². The van der Waals surface area contributed by atoms with Gasteiger partial charge in [0.25, 0.3) is 0 Å². The normalized spacial score (nSPS) is 17.6. The zero-order chi connectivity index (χ0) is 16.9. The van der Waals surface area contributed by atoms with Crippen LogP contribution in [0.5, 0.6) is 5.75 Å². The molecule has 0 radical (unpaired) electrons. The third-order valence-electron chi connectivity index (χ3n) is 4.51. The number of ether oxygens (including phenoxy) is 1. The molecule has 3 rings (SSSR count). The van der Waals surface area contributed by atoms with Crippen LogP contribution >= 0.6 is 0 Å². The van der Waals surface area contributed by atoms with Gasteiger partial charge in [-0.15, -0.1) is 0 Å². The van der Waals surface area contributed by atoms with Gasteiger partial charge in [0, 0.05) is 31.5 Å². The second-order valence-corrected chi connectivity index (χ2v) is 6.03. The number of nitrogens with zero attached hydrogens (tertiary/aromatic N) is 1. The molecule has 0 spiro atoms. The van der Waals surface area contributed by atoms with Gasteiger partial charge in [0.1, 0.15) is 17.3 Å². The van der Waals surface area contributed by atoms with Crippen LogP contribution in [0, 0.1) is 0 Å². The quantitative estimate of drug-likeness (QED) is 0.784. The summed E-state index contributed by atoms with van der Waals surface area (Å²) in [5.74, 6) is 2.95. The minimum atomic E-state index is 0.0421. The minimum absolute atomic E-state index is 0.0421. The molecule has 1 aromatic heterocycles. The van der Waals surface area contributed by atoms with Crippen LogP contribution in [0.15, 0.2) is 46.9 Å². The average Bonchev–Trinajstić information content (AvgIpc) is 3.29. The Morgan fingerprint density at radius 1 is 1.29 bits per heavy atom. The lowest BCUT2D eigenvalue weighted by Gasteiger charge is -2.14. The molecule has 4 nitrogen and oxygen atoms in total. The van der Waals surface area contributed by atoms with Crippen LogP contribution in [0.2, 0.25) is 0 Å². The van der Waals surface area contributed by atoms with Crippen molar-refractivity contribution in [3.63, 3.8) is 0 Å². The number of benzene rings is 1. The standard InChI is InChI=1S/C20H23NO3/c1-3-17-8-9-19(24-17)10-11-20(22)21-13-12-16(14-21)15-4-6-18(23-2)7-5-15/h4-11,16H,3,12-14H2,1-2H3. The molecule has 1 atom stereocenters. The first-order valence-electron chi connectivity index (χ1n) is 8.39. The van der Waals surface area contributed by atoms with Crippen molar-refractivity contribution in [3.8, 4) is 5.75 Å². The molecular weight excluding hydrogens is 302 g/mol. The largest absolute Gasteiger partial charge is 0.497 e. The zero-order valence-corrected chi connectivity index (χ0v) is 14.2. The molecule has 1 aliphatic rings. The lowest BCUT2D eigenvalue weighted by Crippen LogP contribution is -2.26. The Balaban J connectivity index is 1.58. The maximum atomic E-state index is 12.3. The first kappa shape index (κ1) is 16.4. The number of methoxy groups -OCH3 is 1. The van der Waals surface area contributed by atoms with E-state index >= 15 is 0 Å². The van der Waals surface area contributed by atoms with Gasteiger partial charge in [0.15, 0.2) is 0 Å². The Labute approximate surface area is 142 Å². The van der Waals surface area contributed by atoms with Gasteiger partial charge in [-0.25, -0.2) is 0 Å². The van der Waals surface area contributed by atoms with E-state index in [2.05, 4.69) is 12.1 Å². The number of hydrogen-bond acceptors (Lipinski definition) is 3. The Bertz CT molecular complexity index is 715. The summed E-state index contributed by atoms with van der Waals surface area (Å²) < 4.78 is 10.8. The summed E-state index contributed by atoms with van der Waals surface area (Å²) in [5, 5.41) is 0. The molecular formula is C20H23NO3. The van der Waals surface area contributed by atoms with Gasteiger partial charge in [-0.05, 0) is 42.3 Å². The maximum absolute atomic E-state index is 12.3. The summed E-state index contributed by atoms with van der Waals surface area (Å²) >= 11 is 0. The molecule has 0 saturated carbocycles. The van der Waals surface area contributed by atoms with E-state index in [1.54, 1.807) is 19.3 Å². The predicted octanol–water partition coefficient (Wildman–Crippen LogP) is 3.88. The highest BCUT2D eigenvalue weighted by atomic mass is 16.5. The molecule has 126 valence electrons. The zero-order valence-electron chi connectivity index (χ0n) is 14.2. The number of aryl methyl sites for hydroxylation is 1. The summed E-state index contributed by atoms with van der Waals surface area (Å²) in [6.07, 6.45) is 5.21. The number of carbonyl (C=O) groups excluding carboxylic acids is 1. The molecule has 1 amide bonds. The molecule has 1 fully saturated rings. The van der Waals surface area contributed by atoms with Crippen molar-refractivity contribution >= 4 is 12.0 Å². The molecule has 1 aliphatic heterocycles. The van der Waals surface area contributed by atoms with Gasteiger partial charge in [-0.3, -0.25) is 4.79 Å². The van der Waals surface area contributed by atoms with Crippen molar-refractivity contribution in [2.45, 2.75) is 25.7 Å². The van der Waals surface area contributed by atoms with Gasteiger partial charge < -0.3 is 14.1 Å². The summed E-state index contributed by atoms with van der Waals surface area (Å²) in [6, 6.07) is 12.0. The number of amides is 1. The van der Waals surface area contributed by atoms with E-state index in [-0.39, 0.29) is 5.91 Å². The second kappa shape index (κ2) is 7.39. The monoisotopic (exact) mass is 325 g/mol. The van der Waals surface area contributed by atoms with Crippen LogP contribution in [0.25, 0.3) is 6.08 Å². The molecule has 1 unspecified atom stereocenters. The molecule has 2 aromatic rings. The van der Waals surface area contributed by atoms with Gasteiger partial charge in [0.2, 0.25) is 5.91 Å². The third kappa shape index (κ3) is 3.70. The summed E-state index contributed by atoms with van der Waals surface area (Å²) in [4.78, 5) is 14.2. The number of furan rings is 1. The third-order valence-corrected chi connectivity index (χ3v) is 4.51. The minimum Gasteiger partial charge on any atom is -0.497 e. The van der Waals surface area contributed by atoms with Crippen LogP contribution in [-0.4, -0.2) is 31.0 Å². The molecule has 1 aromatic carbocycles. The Morgan fingerprint density at radius 3 is 2.75 bits per heavy atom. The molecule has 2 heterocycles. The number of rotatable bonds is 5. The predicted molar refractivity (Wildman–Crippen MR) is 94.1 cm³/mol. The van der Waals surface area contributed by atoms with Gasteiger partial charge >= 0.3 is 0 Å². The highest BCUT2D eigenvalue weighted by molar-refractivity contribution is 5.91. The van der Waals surface area contributed by atoms with E-state index in [4.69, 9.17) is 9.15 Å². The van der Waals surface area contributed by atoms with Crippen molar-refractivity contribution in [2.75, 3.05) is 20.2 Å². The van der Waals surface area contributed by atoms with Gasteiger partial charge in [0.05, 0.1) is 7.11 Å². The molecule has 1 saturated heterocycles. The number of carbonyl (C=O) groups is 1. The molecule has 24 heavy (non-hydrogen) atoms. The first-order chi connectivity index (χ1) is 11.7. The first-order valence-corrected chi connectivity index (χ1v) is 8.39. The van der Waals surface area contributed by atoms with E-state index in [1.807, 2.05) is 36.1 Å². The van der Waals surface area contributed by atoms with E-state index < -0.39 is 0 Å². The van der Waals surface area contributed by atoms with Crippen LogP contribution in [0.4, 0.5) is 0 Å². The maximum Gasteiger partial charge on any atom is 0.246 e. The smallest absolute Gasteiger partial charge is 0.246 e. The number of likely N-dealkylation sites (tertiary alicyclic amines) is 1. The van der Waals surface area contributed by atoms with Crippen molar-refractivity contribution in [1.82, 2.24) is 4.90 Å². The lowest BCUT2D eigenvalue weighted by molar-refractivity contribution is -0.124. The molecule has 0 N–H and O–H groups in total. The van der Waals surface area contributed by atoms with Crippen molar-refractivity contribution < 1.29 is 13.9 Å². The summed E-state index contributed by atoms with van der Waals surface area (Å²) in [5.41, 5.74) is 1.26. The number of hydrogen-bond donors (Lipinski definition) is 0. The Morgan fingerprint density at radius 2 is 2.08 bits per heavy atom. The van der Waals surface area contributed by atoms with E-state index in [1.165, 1.54) is 5.56 Å². The van der Waals surface area contributed by atoms with Gasteiger partial charge in [-0.2, -0.15) is 0 Å². The summed E-state index contributed by atoms with van der Waals surface area (Å²) in [6.45, 7) is 3.59. The second-order valence-electron chi connectivity index (χ2n) is 6.03. The molecule has 4 heteroatoms.